The highest BCUT2D eigenvalue weighted by Gasteiger charge is 2.30. The van der Waals surface area contributed by atoms with Crippen LogP contribution in [0.4, 0.5) is 5.69 Å². The highest BCUT2D eigenvalue weighted by molar-refractivity contribution is 7.93. The maximum atomic E-state index is 12.9. The van der Waals surface area contributed by atoms with E-state index in [1.807, 2.05) is 0 Å². The quantitative estimate of drug-likeness (QED) is 0.936. The van der Waals surface area contributed by atoms with E-state index in [1.165, 1.54) is 16.4 Å². The zero-order chi connectivity index (χ0) is 15.8. The van der Waals surface area contributed by atoms with E-state index in [9.17, 15) is 13.5 Å². The van der Waals surface area contributed by atoms with E-state index >= 15 is 0 Å². The largest absolute Gasteiger partial charge is 0.508 e. The van der Waals surface area contributed by atoms with E-state index in [2.05, 4.69) is 5.10 Å². The third-order valence-corrected chi connectivity index (χ3v) is 5.55. The van der Waals surface area contributed by atoms with Gasteiger partial charge in [0.1, 0.15) is 10.6 Å². The highest BCUT2D eigenvalue weighted by atomic mass is 32.2. The molecule has 0 fully saturated rings. The summed E-state index contributed by atoms with van der Waals surface area (Å²) in [5.74, 6) is 0.0285. The Morgan fingerprint density at radius 3 is 2.48 bits per heavy atom. The van der Waals surface area contributed by atoms with Crippen LogP contribution in [0.1, 0.15) is 18.3 Å². The minimum Gasteiger partial charge on any atom is -0.508 e. The number of hydrogen-bond acceptors (Lipinski definition) is 4. The average Bonchev–Trinajstić information content (AvgIpc) is 2.64. The standard InChI is InChI=1S/C14H19N3O3S/c1-5-17(12-7-6-8-13(18)9-12)21(19,20)14-10(2)15-16(4)11(14)3/h6-9,18H,5H2,1-4H3. The van der Waals surface area contributed by atoms with Gasteiger partial charge in [-0.05, 0) is 32.9 Å². The van der Waals surface area contributed by atoms with Gasteiger partial charge in [-0.3, -0.25) is 8.99 Å². The van der Waals surface area contributed by atoms with Gasteiger partial charge >= 0.3 is 0 Å². The van der Waals surface area contributed by atoms with Gasteiger partial charge in [-0.25, -0.2) is 8.42 Å². The van der Waals surface area contributed by atoms with Crippen molar-refractivity contribution in [2.45, 2.75) is 25.7 Å². The lowest BCUT2D eigenvalue weighted by Crippen LogP contribution is -2.31. The zero-order valence-electron chi connectivity index (χ0n) is 12.5. The highest BCUT2D eigenvalue weighted by Crippen LogP contribution is 2.29. The Bertz CT molecular complexity index is 766. The van der Waals surface area contributed by atoms with Crippen molar-refractivity contribution in [3.8, 4) is 5.75 Å². The Balaban J connectivity index is 2.60. The van der Waals surface area contributed by atoms with Crippen LogP contribution in [0.25, 0.3) is 0 Å². The Morgan fingerprint density at radius 1 is 1.33 bits per heavy atom. The molecule has 7 heteroatoms. The van der Waals surface area contributed by atoms with Crippen molar-refractivity contribution in [3.05, 3.63) is 35.7 Å². The second-order valence-electron chi connectivity index (χ2n) is 4.81. The number of rotatable bonds is 4. The number of aryl methyl sites for hydroxylation is 2. The summed E-state index contributed by atoms with van der Waals surface area (Å²) in [6.45, 7) is 5.42. The summed E-state index contributed by atoms with van der Waals surface area (Å²) < 4.78 is 28.7. The monoisotopic (exact) mass is 309 g/mol. The summed E-state index contributed by atoms with van der Waals surface area (Å²) >= 11 is 0. The lowest BCUT2D eigenvalue weighted by molar-refractivity contribution is 0.475. The predicted octanol–water partition coefficient (Wildman–Crippen LogP) is 1.96. The first-order valence-electron chi connectivity index (χ1n) is 6.61. The molecule has 2 aromatic rings. The molecule has 0 radical (unpaired) electrons. The number of sulfonamides is 1. The Labute approximate surface area is 124 Å². The Kier molecular flexibility index (Phi) is 3.95. The number of phenols is 1. The Hall–Kier alpha value is -2.02. The molecule has 1 aromatic carbocycles. The van der Waals surface area contributed by atoms with Crippen molar-refractivity contribution in [2.75, 3.05) is 10.8 Å². The van der Waals surface area contributed by atoms with Gasteiger partial charge in [-0.2, -0.15) is 5.10 Å². The van der Waals surface area contributed by atoms with E-state index in [0.717, 1.165) is 0 Å². The summed E-state index contributed by atoms with van der Waals surface area (Å²) in [6, 6.07) is 6.21. The van der Waals surface area contributed by atoms with E-state index in [1.54, 1.807) is 44.6 Å². The topological polar surface area (TPSA) is 75.4 Å². The molecule has 0 saturated heterocycles. The molecule has 1 N–H and O–H groups in total. The SMILES string of the molecule is CCN(c1cccc(O)c1)S(=O)(=O)c1c(C)nn(C)c1C. The van der Waals surface area contributed by atoms with Crippen molar-refractivity contribution in [3.63, 3.8) is 0 Å². The van der Waals surface area contributed by atoms with Crippen LogP contribution in [0, 0.1) is 13.8 Å². The molecule has 0 aliphatic rings. The van der Waals surface area contributed by atoms with Gasteiger partial charge in [0.2, 0.25) is 0 Å². The van der Waals surface area contributed by atoms with Crippen molar-refractivity contribution in [1.29, 1.82) is 0 Å². The molecule has 0 bridgehead atoms. The fourth-order valence-electron chi connectivity index (χ4n) is 2.38. The van der Waals surface area contributed by atoms with E-state index in [-0.39, 0.29) is 17.2 Å². The fourth-order valence-corrected chi connectivity index (χ4v) is 4.25. The molecule has 0 saturated carbocycles. The molecule has 0 unspecified atom stereocenters. The van der Waals surface area contributed by atoms with Gasteiger partial charge in [-0.1, -0.05) is 6.07 Å². The number of anilines is 1. The van der Waals surface area contributed by atoms with Gasteiger partial charge < -0.3 is 5.11 Å². The number of nitrogens with zero attached hydrogens (tertiary/aromatic N) is 3. The summed E-state index contributed by atoms with van der Waals surface area (Å²) in [7, 11) is -2.01. The van der Waals surface area contributed by atoms with Gasteiger partial charge in [0.25, 0.3) is 10.0 Å². The van der Waals surface area contributed by atoms with Crippen LogP contribution in [-0.4, -0.2) is 29.8 Å². The first-order chi connectivity index (χ1) is 9.78. The number of phenolic OH excluding ortho intramolecular Hbond substituents is 1. The molecule has 1 aromatic heterocycles. The van der Waals surface area contributed by atoms with Crippen molar-refractivity contribution >= 4 is 15.7 Å². The maximum absolute atomic E-state index is 12.9. The zero-order valence-corrected chi connectivity index (χ0v) is 13.3. The molecule has 0 atom stereocenters. The number of aromatic nitrogens is 2. The third kappa shape index (κ3) is 2.61. The van der Waals surface area contributed by atoms with E-state index in [4.69, 9.17) is 0 Å². The minimum absolute atomic E-state index is 0.0285. The molecule has 114 valence electrons. The van der Waals surface area contributed by atoms with Crippen LogP contribution in [0.3, 0.4) is 0 Å². The smallest absolute Gasteiger partial charge is 0.267 e. The van der Waals surface area contributed by atoms with Gasteiger partial charge in [0.05, 0.1) is 17.1 Å². The third-order valence-electron chi connectivity index (χ3n) is 3.40. The average molecular weight is 309 g/mol. The molecule has 21 heavy (non-hydrogen) atoms. The first-order valence-corrected chi connectivity index (χ1v) is 8.05. The van der Waals surface area contributed by atoms with E-state index in [0.29, 0.717) is 17.1 Å². The van der Waals surface area contributed by atoms with Gasteiger partial charge in [-0.15, -0.1) is 0 Å². The second-order valence-corrected chi connectivity index (χ2v) is 6.61. The van der Waals surface area contributed by atoms with Crippen LogP contribution in [0.2, 0.25) is 0 Å². The second kappa shape index (κ2) is 5.40. The van der Waals surface area contributed by atoms with Crippen LogP contribution < -0.4 is 4.31 Å². The minimum atomic E-state index is -3.72. The molecule has 6 nitrogen and oxygen atoms in total. The molecule has 1 heterocycles. The van der Waals surface area contributed by atoms with Crippen LogP contribution >= 0.6 is 0 Å². The normalized spacial score (nSPS) is 11.6. The van der Waals surface area contributed by atoms with Crippen molar-refractivity contribution < 1.29 is 13.5 Å². The molecular weight excluding hydrogens is 290 g/mol. The Morgan fingerprint density at radius 2 is 2.00 bits per heavy atom. The molecule has 0 aliphatic carbocycles. The predicted molar refractivity (Wildman–Crippen MR) is 81.0 cm³/mol. The van der Waals surface area contributed by atoms with Gasteiger partial charge in [0, 0.05) is 19.7 Å². The number of aromatic hydroxyl groups is 1. The molecule has 0 amide bonds. The lowest BCUT2D eigenvalue weighted by atomic mass is 10.3. The molecular formula is C14H19N3O3S. The van der Waals surface area contributed by atoms with Crippen molar-refractivity contribution in [1.82, 2.24) is 9.78 Å². The maximum Gasteiger partial charge on any atom is 0.267 e. The molecule has 0 aliphatic heterocycles. The van der Waals surface area contributed by atoms with Crippen molar-refractivity contribution in [2.24, 2.45) is 7.05 Å². The van der Waals surface area contributed by atoms with Crippen LogP contribution in [-0.2, 0) is 17.1 Å². The lowest BCUT2D eigenvalue weighted by Gasteiger charge is -2.23. The summed E-state index contributed by atoms with van der Waals surface area (Å²) in [4.78, 5) is 0.218. The van der Waals surface area contributed by atoms with Crippen LogP contribution in [0.5, 0.6) is 5.75 Å². The van der Waals surface area contributed by atoms with Gasteiger partial charge in [0.15, 0.2) is 0 Å². The number of benzene rings is 1. The summed E-state index contributed by atoms with van der Waals surface area (Å²) in [6.07, 6.45) is 0. The molecule has 0 spiro atoms. The first kappa shape index (κ1) is 15.4. The summed E-state index contributed by atoms with van der Waals surface area (Å²) in [5.41, 5.74) is 1.49. The summed E-state index contributed by atoms with van der Waals surface area (Å²) in [5, 5.41) is 13.7. The fraction of sp³-hybridized carbons (Fsp3) is 0.357. The van der Waals surface area contributed by atoms with Crippen LogP contribution in [0.15, 0.2) is 29.2 Å². The molecule has 2 rings (SSSR count). The van der Waals surface area contributed by atoms with E-state index < -0.39 is 10.0 Å². The number of hydrogen-bond donors (Lipinski definition) is 1.